The van der Waals surface area contributed by atoms with Gasteiger partial charge in [-0.05, 0) is 24.4 Å². The average Bonchev–Trinajstić information content (AvgIpc) is 2.92. The Balaban J connectivity index is 2.51. The van der Waals surface area contributed by atoms with E-state index in [0.29, 0.717) is 0 Å². The van der Waals surface area contributed by atoms with Gasteiger partial charge in [0.1, 0.15) is 5.69 Å². The molecule has 2 heterocycles. The number of ether oxygens (including phenoxy) is 1. The third kappa shape index (κ3) is 2.63. The zero-order valence-electron chi connectivity index (χ0n) is 11.5. The van der Waals surface area contributed by atoms with Crippen LogP contribution in [-0.2, 0) is 7.05 Å². The van der Waals surface area contributed by atoms with Crippen LogP contribution in [0.5, 0.6) is 5.75 Å². The van der Waals surface area contributed by atoms with Crippen LogP contribution in [-0.4, -0.2) is 23.4 Å². The maximum absolute atomic E-state index is 6.40. The molecule has 2 aromatic heterocycles. The number of nitrogens with zero attached hydrogens (tertiary/aromatic N) is 2. The molecule has 0 fully saturated rings. The van der Waals surface area contributed by atoms with Gasteiger partial charge in [-0.15, -0.1) is 11.3 Å². The van der Waals surface area contributed by atoms with Crippen LogP contribution in [0, 0.1) is 6.92 Å². The Kier molecular flexibility index (Phi) is 4.50. The average molecular weight is 300 g/mol. The Hall–Kier alpha value is -1.04. The fourth-order valence-electron chi connectivity index (χ4n) is 2.08. The molecule has 0 saturated heterocycles. The molecule has 0 aliphatic carbocycles. The summed E-state index contributed by atoms with van der Waals surface area (Å²) in [7, 11) is 3.57. The Morgan fingerprint density at radius 3 is 2.84 bits per heavy atom. The van der Waals surface area contributed by atoms with Gasteiger partial charge in [-0.25, -0.2) is 0 Å². The second-order valence-electron chi connectivity index (χ2n) is 4.31. The summed E-state index contributed by atoms with van der Waals surface area (Å²) in [6.45, 7) is 4.93. The predicted molar refractivity (Wildman–Crippen MR) is 79.3 cm³/mol. The summed E-state index contributed by atoms with van der Waals surface area (Å²) < 4.78 is 7.23. The van der Waals surface area contributed by atoms with Crippen LogP contribution in [0.25, 0.3) is 0 Å². The molecular formula is C13H18ClN3OS. The fourth-order valence-corrected chi connectivity index (χ4v) is 3.45. The minimum absolute atomic E-state index is 0.00125. The van der Waals surface area contributed by atoms with Gasteiger partial charge in [-0.3, -0.25) is 4.68 Å². The molecule has 0 amide bonds. The van der Waals surface area contributed by atoms with Gasteiger partial charge in [0.15, 0.2) is 5.75 Å². The summed E-state index contributed by atoms with van der Waals surface area (Å²) in [4.78, 5) is 1.10. The highest BCUT2D eigenvalue weighted by atomic mass is 35.5. The van der Waals surface area contributed by atoms with E-state index in [1.165, 1.54) is 0 Å². The summed E-state index contributed by atoms with van der Waals surface area (Å²) in [6, 6.07) is -0.00125. The topological polar surface area (TPSA) is 39.1 Å². The van der Waals surface area contributed by atoms with Crippen molar-refractivity contribution in [2.45, 2.75) is 19.9 Å². The van der Waals surface area contributed by atoms with E-state index in [4.69, 9.17) is 16.3 Å². The molecule has 2 rings (SSSR count). The van der Waals surface area contributed by atoms with E-state index in [1.807, 2.05) is 18.7 Å². The Bertz CT molecular complexity index is 564. The SMILES string of the molecule is CCNC(c1scc(C)c1Cl)c1c(OC)cnn1C. The van der Waals surface area contributed by atoms with E-state index in [-0.39, 0.29) is 6.04 Å². The highest BCUT2D eigenvalue weighted by Crippen LogP contribution is 2.38. The fraction of sp³-hybridized carbons (Fsp3) is 0.462. The summed E-state index contributed by atoms with van der Waals surface area (Å²) in [6.07, 6.45) is 1.73. The molecule has 0 radical (unpaired) electrons. The second kappa shape index (κ2) is 5.94. The van der Waals surface area contributed by atoms with Crippen LogP contribution in [0.3, 0.4) is 0 Å². The number of aryl methyl sites for hydroxylation is 2. The second-order valence-corrected chi connectivity index (χ2v) is 5.60. The predicted octanol–water partition coefficient (Wildman–Crippen LogP) is 3.15. The molecule has 19 heavy (non-hydrogen) atoms. The van der Waals surface area contributed by atoms with E-state index in [0.717, 1.165) is 33.5 Å². The maximum Gasteiger partial charge on any atom is 0.161 e. The Morgan fingerprint density at radius 1 is 1.58 bits per heavy atom. The number of thiophene rings is 1. The molecule has 1 atom stereocenters. The van der Waals surface area contributed by atoms with Crippen LogP contribution in [0.15, 0.2) is 11.6 Å². The zero-order valence-corrected chi connectivity index (χ0v) is 13.1. The van der Waals surface area contributed by atoms with Gasteiger partial charge in [0, 0.05) is 11.9 Å². The van der Waals surface area contributed by atoms with E-state index in [1.54, 1.807) is 24.6 Å². The third-order valence-corrected chi connectivity index (χ3v) is 4.82. The Labute approximate surface area is 122 Å². The third-order valence-electron chi connectivity index (χ3n) is 3.04. The molecule has 1 N–H and O–H groups in total. The van der Waals surface area contributed by atoms with E-state index >= 15 is 0 Å². The quantitative estimate of drug-likeness (QED) is 0.922. The molecule has 4 nitrogen and oxygen atoms in total. The van der Waals surface area contributed by atoms with Gasteiger partial charge in [0.05, 0.1) is 24.4 Å². The first-order valence-electron chi connectivity index (χ1n) is 6.12. The lowest BCUT2D eigenvalue weighted by atomic mass is 10.1. The van der Waals surface area contributed by atoms with Gasteiger partial charge in [-0.2, -0.15) is 5.10 Å². The van der Waals surface area contributed by atoms with Gasteiger partial charge >= 0.3 is 0 Å². The number of methoxy groups -OCH3 is 1. The molecule has 0 saturated carbocycles. The molecule has 0 spiro atoms. The van der Waals surface area contributed by atoms with E-state index in [9.17, 15) is 0 Å². The summed E-state index contributed by atoms with van der Waals surface area (Å²) in [5.74, 6) is 0.774. The van der Waals surface area contributed by atoms with Crippen LogP contribution in [0.4, 0.5) is 0 Å². The molecule has 104 valence electrons. The van der Waals surface area contributed by atoms with Crippen molar-refractivity contribution in [3.8, 4) is 5.75 Å². The van der Waals surface area contributed by atoms with E-state index in [2.05, 4.69) is 22.7 Å². The van der Waals surface area contributed by atoms with Crippen molar-refractivity contribution in [1.29, 1.82) is 0 Å². The van der Waals surface area contributed by atoms with Crippen LogP contribution >= 0.6 is 22.9 Å². The first kappa shape index (κ1) is 14.4. The Morgan fingerprint density at radius 2 is 2.32 bits per heavy atom. The smallest absolute Gasteiger partial charge is 0.161 e. The summed E-state index contributed by atoms with van der Waals surface area (Å²) in [5.41, 5.74) is 2.10. The van der Waals surface area contributed by atoms with Crippen molar-refractivity contribution in [1.82, 2.24) is 15.1 Å². The van der Waals surface area contributed by atoms with E-state index < -0.39 is 0 Å². The van der Waals surface area contributed by atoms with Gasteiger partial charge < -0.3 is 10.1 Å². The normalized spacial score (nSPS) is 12.7. The number of aromatic nitrogens is 2. The van der Waals surface area contributed by atoms with Crippen molar-refractivity contribution >= 4 is 22.9 Å². The van der Waals surface area contributed by atoms with Crippen LogP contribution < -0.4 is 10.1 Å². The molecule has 0 aromatic carbocycles. The number of hydrogen-bond acceptors (Lipinski definition) is 4. The standard InChI is InChI=1S/C13H18ClN3OS/c1-5-15-11(13-10(14)8(2)7-19-13)12-9(18-4)6-16-17(12)3/h6-7,11,15H,5H2,1-4H3. The number of hydrogen-bond donors (Lipinski definition) is 1. The molecule has 0 aliphatic rings. The van der Waals surface area contributed by atoms with Crippen molar-refractivity contribution in [2.24, 2.45) is 7.05 Å². The van der Waals surface area contributed by atoms with Crippen molar-refractivity contribution in [2.75, 3.05) is 13.7 Å². The summed E-state index contributed by atoms with van der Waals surface area (Å²) >= 11 is 8.06. The lowest BCUT2D eigenvalue weighted by molar-refractivity contribution is 0.401. The molecule has 2 aromatic rings. The first-order valence-corrected chi connectivity index (χ1v) is 7.38. The minimum atomic E-state index is -0.00125. The lowest BCUT2D eigenvalue weighted by Gasteiger charge is -2.19. The zero-order chi connectivity index (χ0) is 14.0. The summed E-state index contributed by atoms with van der Waals surface area (Å²) in [5, 5.41) is 10.6. The van der Waals surface area contributed by atoms with Crippen LogP contribution in [0.1, 0.15) is 29.1 Å². The van der Waals surface area contributed by atoms with Crippen molar-refractivity contribution in [3.05, 3.63) is 32.7 Å². The monoisotopic (exact) mass is 299 g/mol. The maximum atomic E-state index is 6.40. The highest BCUT2D eigenvalue weighted by molar-refractivity contribution is 7.10. The molecule has 6 heteroatoms. The molecule has 0 bridgehead atoms. The highest BCUT2D eigenvalue weighted by Gasteiger charge is 2.25. The van der Waals surface area contributed by atoms with Gasteiger partial charge in [-0.1, -0.05) is 18.5 Å². The number of halogens is 1. The van der Waals surface area contributed by atoms with Gasteiger partial charge in [0.2, 0.25) is 0 Å². The van der Waals surface area contributed by atoms with Gasteiger partial charge in [0.25, 0.3) is 0 Å². The van der Waals surface area contributed by atoms with Crippen LogP contribution in [0.2, 0.25) is 5.02 Å². The number of nitrogens with one attached hydrogen (secondary N) is 1. The van der Waals surface area contributed by atoms with Crippen molar-refractivity contribution < 1.29 is 4.74 Å². The number of rotatable bonds is 5. The van der Waals surface area contributed by atoms with Crippen molar-refractivity contribution in [3.63, 3.8) is 0 Å². The first-order chi connectivity index (χ1) is 9.10. The minimum Gasteiger partial charge on any atom is -0.493 e. The molecular weight excluding hydrogens is 282 g/mol. The largest absolute Gasteiger partial charge is 0.493 e. The lowest BCUT2D eigenvalue weighted by Crippen LogP contribution is -2.24. The molecule has 1 unspecified atom stereocenters. The molecule has 0 aliphatic heterocycles.